The number of unbranched alkanes of at least 4 members (excludes halogenated alkanes) is 22. The maximum absolute atomic E-state index is 10.0. The first-order valence-corrected chi connectivity index (χ1v) is 18.6. The van der Waals surface area contributed by atoms with E-state index in [1.807, 2.05) is 0 Å². The van der Waals surface area contributed by atoms with Gasteiger partial charge in [-0.1, -0.05) is 142 Å². The van der Waals surface area contributed by atoms with Crippen LogP contribution in [0.4, 0.5) is 0 Å². The molecule has 0 rings (SSSR count). The number of quaternary nitrogens is 1. The largest absolute Gasteiger partial charge is 0.395 e. The first-order chi connectivity index (χ1) is 20.2. The Morgan fingerprint density at radius 3 is 0.951 bits per heavy atom. The van der Waals surface area contributed by atoms with Gasteiger partial charge in [-0.25, -0.2) is 0 Å². The summed E-state index contributed by atoms with van der Waals surface area (Å²) in [5.74, 6) is 0. The summed E-state index contributed by atoms with van der Waals surface area (Å²) in [6.07, 6.45) is 32.9. The first kappa shape index (κ1) is 40.8. The summed E-state index contributed by atoms with van der Waals surface area (Å²) in [5.41, 5.74) is 0. The summed E-state index contributed by atoms with van der Waals surface area (Å²) in [6, 6.07) is 0. The summed E-state index contributed by atoms with van der Waals surface area (Å²) in [4.78, 5) is 2.19. The van der Waals surface area contributed by atoms with Gasteiger partial charge in [0.2, 0.25) is 0 Å². The Kier molecular flexibility index (Phi) is 32.5. The standard InChI is InChI=1S/C36H77N2O3/c1-3-5-7-9-11-13-15-17-19-21-23-25-30-38(33-36-41,32-27-37(28-34-39)29-35-40)31-26-24-22-20-18-16-14-12-10-8-6-4-2/h39-41H,3-36H2,1-2H3/q+1. The quantitative estimate of drug-likeness (QED) is 0.0515. The molecule has 0 aliphatic heterocycles. The lowest BCUT2D eigenvalue weighted by Crippen LogP contribution is -2.55. The van der Waals surface area contributed by atoms with Crippen LogP contribution in [0.5, 0.6) is 0 Å². The molecule has 0 spiro atoms. The van der Waals surface area contributed by atoms with E-state index in [1.165, 1.54) is 154 Å². The van der Waals surface area contributed by atoms with Crippen LogP contribution < -0.4 is 0 Å². The molecule has 0 aromatic heterocycles. The maximum atomic E-state index is 10.0. The predicted octanol–water partition coefficient (Wildman–Crippen LogP) is 8.48. The Morgan fingerprint density at radius 1 is 0.341 bits per heavy atom. The number of rotatable bonds is 35. The molecule has 0 aliphatic carbocycles. The molecular weight excluding hydrogens is 508 g/mol. The van der Waals surface area contributed by atoms with E-state index >= 15 is 0 Å². The molecule has 0 atom stereocenters. The number of aliphatic hydroxyl groups excluding tert-OH is 3. The lowest BCUT2D eigenvalue weighted by atomic mass is 10.0. The van der Waals surface area contributed by atoms with Crippen LogP contribution in [0.1, 0.15) is 168 Å². The minimum absolute atomic E-state index is 0.136. The van der Waals surface area contributed by atoms with Gasteiger partial charge in [0.1, 0.15) is 6.54 Å². The third-order valence-electron chi connectivity index (χ3n) is 9.27. The third kappa shape index (κ3) is 27.1. The summed E-state index contributed by atoms with van der Waals surface area (Å²) in [6.45, 7) is 11.4. The second-order valence-electron chi connectivity index (χ2n) is 13.0. The van der Waals surface area contributed by atoms with Crippen molar-refractivity contribution in [2.75, 3.05) is 65.6 Å². The van der Waals surface area contributed by atoms with Crippen LogP contribution in [0, 0.1) is 0 Å². The fourth-order valence-corrected chi connectivity index (χ4v) is 6.43. The van der Waals surface area contributed by atoms with Gasteiger partial charge < -0.3 is 19.8 Å². The highest BCUT2D eigenvalue weighted by Crippen LogP contribution is 2.18. The number of hydrogen-bond donors (Lipinski definition) is 3. The molecule has 0 aromatic rings. The molecule has 0 aromatic carbocycles. The molecule has 0 unspecified atom stereocenters. The minimum Gasteiger partial charge on any atom is -0.395 e. The highest BCUT2D eigenvalue weighted by molar-refractivity contribution is 4.59. The number of nitrogens with zero attached hydrogens (tertiary/aromatic N) is 2. The zero-order valence-electron chi connectivity index (χ0n) is 28.3. The van der Waals surface area contributed by atoms with Gasteiger partial charge in [0.15, 0.2) is 0 Å². The molecule has 0 saturated heterocycles. The molecule has 5 nitrogen and oxygen atoms in total. The van der Waals surface area contributed by atoms with E-state index in [2.05, 4.69) is 18.7 Å². The highest BCUT2D eigenvalue weighted by atomic mass is 16.3. The van der Waals surface area contributed by atoms with Gasteiger partial charge in [0.25, 0.3) is 0 Å². The van der Waals surface area contributed by atoms with Crippen molar-refractivity contribution in [3.05, 3.63) is 0 Å². The van der Waals surface area contributed by atoms with E-state index in [4.69, 9.17) is 0 Å². The van der Waals surface area contributed by atoms with Crippen molar-refractivity contribution in [3.8, 4) is 0 Å². The second kappa shape index (κ2) is 32.7. The van der Waals surface area contributed by atoms with Crippen molar-refractivity contribution in [1.29, 1.82) is 0 Å². The van der Waals surface area contributed by atoms with E-state index in [0.29, 0.717) is 13.1 Å². The molecule has 0 heterocycles. The van der Waals surface area contributed by atoms with Gasteiger partial charge >= 0.3 is 0 Å². The normalized spacial score (nSPS) is 12.1. The molecule has 248 valence electrons. The van der Waals surface area contributed by atoms with Gasteiger partial charge in [0, 0.05) is 19.6 Å². The number of hydrogen-bond acceptors (Lipinski definition) is 4. The molecule has 0 amide bonds. The Bertz CT molecular complexity index is 457. The summed E-state index contributed by atoms with van der Waals surface area (Å²) < 4.78 is 0.999. The Balaban J connectivity index is 4.44. The first-order valence-electron chi connectivity index (χ1n) is 18.6. The molecule has 3 N–H and O–H groups in total. The Morgan fingerprint density at radius 2 is 0.659 bits per heavy atom. The predicted molar refractivity (Wildman–Crippen MR) is 180 cm³/mol. The average Bonchev–Trinajstić information content (AvgIpc) is 2.97. The van der Waals surface area contributed by atoms with E-state index in [9.17, 15) is 15.3 Å². The molecule has 0 fully saturated rings. The van der Waals surface area contributed by atoms with Gasteiger partial charge in [-0.3, -0.25) is 4.90 Å². The molecule has 0 aliphatic rings. The van der Waals surface area contributed by atoms with Crippen LogP contribution >= 0.6 is 0 Å². The van der Waals surface area contributed by atoms with Crippen molar-refractivity contribution in [2.45, 2.75) is 168 Å². The fraction of sp³-hybridized carbons (Fsp3) is 1.00. The zero-order chi connectivity index (χ0) is 30.1. The van der Waals surface area contributed by atoms with Crippen LogP contribution in [0.25, 0.3) is 0 Å². The van der Waals surface area contributed by atoms with Crippen LogP contribution in [0.15, 0.2) is 0 Å². The molecule has 0 bridgehead atoms. The maximum Gasteiger partial charge on any atom is 0.102 e. The van der Waals surface area contributed by atoms with Crippen molar-refractivity contribution in [2.24, 2.45) is 0 Å². The third-order valence-corrected chi connectivity index (χ3v) is 9.27. The van der Waals surface area contributed by atoms with Gasteiger partial charge in [-0.2, -0.15) is 0 Å². The average molecular weight is 586 g/mol. The summed E-state index contributed by atoms with van der Waals surface area (Å²) in [5, 5.41) is 29.0. The number of aliphatic hydroxyl groups is 3. The van der Waals surface area contributed by atoms with Crippen LogP contribution in [-0.4, -0.2) is 90.3 Å². The van der Waals surface area contributed by atoms with E-state index < -0.39 is 0 Å². The lowest BCUT2D eigenvalue weighted by molar-refractivity contribution is -0.928. The van der Waals surface area contributed by atoms with Crippen molar-refractivity contribution >= 4 is 0 Å². The van der Waals surface area contributed by atoms with Crippen molar-refractivity contribution < 1.29 is 19.8 Å². The lowest BCUT2D eigenvalue weighted by Gasteiger charge is -2.40. The fourth-order valence-electron chi connectivity index (χ4n) is 6.43. The van der Waals surface area contributed by atoms with E-state index in [0.717, 1.165) is 37.2 Å². The topological polar surface area (TPSA) is 63.9 Å². The smallest absolute Gasteiger partial charge is 0.102 e. The Hall–Kier alpha value is -0.200. The SMILES string of the molecule is CCCCCCCCCCCCCC[N+](CCO)(CCCCCCCCCCCCCC)CCN(CCO)CCO. The zero-order valence-corrected chi connectivity index (χ0v) is 28.3. The molecule has 41 heavy (non-hydrogen) atoms. The molecular formula is C36H77N2O3+. The molecule has 0 radical (unpaired) electrons. The van der Waals surface area contributed by atoms with Crippen LogP contribution in [0.3, 0.4) is 0 Å². The van der Waals surface area contributed by atoms with Crippen LogP contribution in [0.2, 0.25) is 0 Å². The van der Waals surface area contributed by atoms with E-state index in [1.54, 1.807) is 0 Å². The molecule has 0 saturated carbocycles. The van der Waals surface area contributed by atoms with Gasteiger partial charge in [-0.05, 0) is 25.7 Å². The van der Waals surface area contributed by atoms with E-state index in [-0.39, 0.29) is 19.8 Å². The summed E-state index contributed by atoms with van der Waals surface area (Å²) in [7, 11) is 0. The highest BCUT2D eigenvalue weighted by Gasteiger charge is 2.27. The molecule has 5 heteroatoms. The van der Waals surface area contributed by atoms with Crippen molar-refractivity contribution in [1.82, 2.24) is 4.90 Å². The van der Waals surface area contributed by atoms with Crippen LogP contribution in [-0.2, 0) is 0 Å². The minimum atomic E-state index is 0.136. The monoisotopic (exact) mass is 586 g/mol. The van der Waals surface area contributed by atoms with Gasteiger partial charge in [0.05, 0.1) is 39.5 Å². The van der Waals surface area contributed by atoms with Gasteiger partial charge in [-0.15, -0.1) is 0 Å². The van der Waals surface area contributed by atoms with Crippen molar-refractivity contribution in [3.63, 3.8) is 0 Å². The Labute approximate surface area is 258 Å². The summed E-state index contributed by atoms with van der Waals surface area (Å²) >= 11 is 0. The second-order valence-corrected chi connectivity index (χ2v) is 13.0.